The highest BCUT2D eigenvalue weighted by Crippen LogP contribution is 2.30. The number of ether oxygens (including phenoxy) is 4. The van der Waals surface area contributed by atoms with E-state index < -0.39 is 6.61 Å². The summed E-state index contributed by atoms with van der Waals surface area (Å²) in [7, 11) is 2.93. The Bertz CT molecular complexity index is 871. The first kappa shape index (κ1) is 23.0. The fourth-order valence-corrected chi connectivity index (χ4v) is 2.68. The van der Waals surface area contributed by atoms with Gasteiger partial charge in [-0.05, 0) is 54.8 Å². The number of methoxy groups -OCH3 is 2. The lowest BCUT2D eigenvalue weighted by Crippen LogP contribution is -2.23. The standard InChI is InChI=1S/C22H25F2NO5/c1-4-29-17-8-5-15(13-19(17)27-2)7-10-21(26)25-12-11-16-6-9-18(30-22(23)24)20(14-16)28-3/h5-10,13-14,22H,4,11-12H2,1-3H3,(H,25,26)/b10-7+. The number of carbonyl (C=O) groups excluding carboxylic acids is 1. The molecule has 0 spiro atoms. The number of alkyl halides is 2. The minimum atomic E-state index is -2.92. The number of amides is 1. The van der Waals surface area contributed by atoms with Gasteiger partial charge in [0.15, 0.2) is 23.0 Å². The van der Waals surface area contributed by atoms with Gasteiger partial charge in [-0.25, -0.2) is 0 Å². The van der Waals surface area contributed by atoms with Crippen molar-refractivity contribution in [2.24, 2.45) is 0 Å². The van der Waals surface area contributed by atoms with Crippen LogP contribution in [0.5, 0.6) is 23.0 Å². The summed E-state index contributed by atoms with van der Waals surface area (Å²) in [6.45, 7) is -0.138. The van der Waals surface area contributed by atoms with Crippen molar-refractivity contribution in [2.45, 2.75) is 20.0 Å². The van der Waals surface area contributed by atoms with Crippen molar-refractivity contribution in [1.29, 1.82) is 0 Å². The lowest BCUT2D eigenvalue weighted by molar-refractivity contribution is -0.116. The molecule has 0 saturated carbocycles. The van der Waals surface area contributed by atoms with Crippen LogP contribution in [0.2, 0.25) is 0 Å². The van der Waals surface area contributed by atoms with E-state index >= 15 is 0 Å². The number of halogens is 2. The highest BCUT2D eigenvalue weighted by atomic mass is 19.3. The molecule has 0 aliphatic heterocycles. The van der Waals surface area contributed by atoms with Gasteiger partial charge in [0.05, 0.1) is 20.8 Å². The maximum atomic E-state index is 12.4. The summed E-state index contributed by atoms with van der Waals surface area (Å²) in [5, 5.41) is 2.77. The molecule has 0 heterocycles. The van der Waals surface area contributed by atoms with Crippen LogP contribution >= 0.6 is 0 Å². The van der Waals surface area contributed by atoms with Crippen LogP contribution < -0.4 is 24.3 Å². The van der Waals surface area contributed by atoms with E-state index in [1.807, 2.05) is 13.0 Å². The number of carbonyl (C=O) groups is 1. The molecule has 0 saturated heterocycles. The quantitative estimate of drug-likeness (QED) is 0.554. The molecule has 1 amide bonds. The second-order valence-corrected chi connectivity index (χ2v) is 6.08. The van der Waals surface area contributed by atoms with Crippen LogP contribution in [-0.2, 0) is 11.2 Å². The van der Waals surface area contributed by atoms with Crippen molar-refractivity contribution in [2.75, 3.05) is 27.4 Å². The Labute approximate surface area is 174 Å². The molecule has 8 heteroatoms. The van der Waals surface area contributed by atoms with E-state index in [9.17, 15) is 13.6 Å². The first-order valence-electron chi connectivity index (χ1n) is 9.35. The molecular weight excluding hydrogens is 396 g/mol. The van der Waals surface area contributed by atoms with Gasteiger partial charge in [0.1, 0.15) is 0 Å². The molecule has 2 aromatic carbocycles. The Hall–Kier alpha value is -3.29. The monoisotopic (exact) mass is 421 g/mol. The van der Waals surface area contributed by atoms with Crippen LogP contribution in [0.1, 0.15) is 18.1 Å². The Morgan fingerprint density at radius 1 is 1.03 bits per heavy atom. The van der Waals surface area contributed by atoms with Crippen LogP contribution in [0, 0.1) is 0 Å². The van der Waals surface area contributed by atoms with Crippen LogP contribution in [0.15, 0.2) is 42.5 Å². The molecule has 162 valence electrons. The van der Waals surface area contributed by atoms with Crippen molar-refractivity contribution < 1.29 is 32.5 Å². The lowest BCUT2D eigenvalue weighted by Gasteiger charge is -2.11. The average molecular weight is 421 g/mol. The van der Waals surface area contributed by atoms with Gasteiger partial charge in [-0.15, -0.1) is 0 Å². The van der Waals surface area contributed by atoms with Gasteiger partial charge in [0.25, 0.3) is 0 Å². The van der Waals surface area contributed by atoms with Crippen molar-refractivity contribution in [1.82, 2.24) is 5.32 Å². The van der Waals surface area contributed by atoms with Crippen LogP contribution in [0.4, 0.5) is 8.78 Å². The van der Waals surface area contributed by atoms with Gasteiger partial charge in [-0.2, -0.15) is 8.78 Å². The fraction of sp³-hybridized carbons (Fsp3) is 0.318. The first-order chi connectivity index (χ1) is 14.5. The predicted molar refractivity (Wildman–Crippen MR) is 110 cm³/mol. The number of rotatable bonds is 11. The van der Waals surface area contributed by atoms with Gasteiger partial charge in [0.2, 0.25) is 5.91 Å². The molecule has 0 atom stereocenters. The third-order valence-corrected chi connectivity index (χ3v) is 4.07. The summed E-state index contributed by atoms with van der Waals surface area (Å²) in [4.78, 5) is 12.0. The van der Waals surface area contributed by atoms with Gasteiger partial charge in [-0.3, -0.25) is 4.79 Å². The molecule has 0 fully saturated rings. The van der Waals surface area contributed by atoms with E-state index in [1.165, 1.54) is 19.3 Å². The number of benzene rings is 2. The van der Waals surface area contributed by atoms with Crippen molar-refractivity contribution >= 4 is 12.0 Å². The normalized spacial score (nSPS) is 10.9. The van der Waals surface area contributed by atoms with Crippen molar-refractivity contribution in [3.63, 3.8) is 0 Å². The fourth-order valence-electron chi connectivity index (χ4n) is 2.68. The zero-order chi connectivity index (χ0) is 21.9. The van der Waals surface area contributed by atoms with Crippen LogP contribution in [-0.4, -0.2) is 39.9 Å². The smallest absolute Gasteiger partial charge is 0.387 e. The van der Waals surface area contributed by atoms with E-state index in [4.69, 9.17) is 14.2 Å². The average Bonchev–Trinajstić information content (AvgIpc) is 2.73. The summed E-state index contributed by atoms with van der Waals surface area (Å²) in [5.74, 6) is 1.15. The van der Waals surface area contributed by atoms with E-state index in [2.05, 4.69) is 10.1 Å². The second-order valence-electron chi connectivity index (χ2n) is 6.08. The molecule has 6 nitrogen and oxygen atoms in total. The molecule has 1 N–H and O–H groups in total. The number of hydrogen-bond donors (Lipinski definition) is 1. The van der Waals surface area contributed by atoms with E-state index in [-0.39, 0.29) is 17.4 Å². The molecular formula is C22H25F2NO5. The summed E-state index contributed by atoms with van der Waals surface area (Å²) >= 11 is 0. The van der Waals surface area contributed by atoms with Crippen molar-refractivity contribution in [3.05, 3.63) is 53.6 Å². The largest absolute Gasteiger partial charge is 0.493 e. The second kappa shape index (κ2) is 11.6. The molecule has 0 unspecified atom stereocenters. The van der Waals surface area contributed by atoms with Gasteiger partial charge in [-0.1, -0.05) is 12.1 Å². The molecule has 0 aliphatic rings. The highest BCUT2D eigenvalue weighted by molar-refractivity contribution is 5.91. The summed E-state index contributed by atoms with van der Waals surface area (Å²) in [5.41, 5.74) is 1.61. The zero-order valence-corrected chi connectivity index (χ0v) is 17.1. The number of hydrogen-bond acceptors (Lipinski definition) is 5. The summed E-state index contributed by atoms with van der Waals surface area (Å²) in [6, 6.07) is 10.1. The number of nitrogens with one attached hydrogen (secondary N) is 1. The highest BCUT2D eigenvalue weighted by Gasteiger charge is 2.11. The molecule has 0 aliphatic carbocycles. The first-order valence-corrected chi connectivity index (χ1v) is 9.35. The molecule has 0 bridgehead atoms. The van der Waals surface area contributed by atoms with Crippen molar-refractivity contribution in [3.8, 4) is 23.0 Å². The molecule has 2 rings (SSSR count). The Morgan fingerprint density at radius 2 is 1.73 bits per heavy atom. The van der Waals surface area contributed by atoms with Crippen LogP contribution in [0.25, 0.3) is 6.08 Å². The van der Waals surface area contributed by atoms with Crippen LogP contribution in [0.3, 0.4) is 0 Å². The van der Waals surface area contributed by atoms with E-state index in [1.54, 1.807) is 37.5 Å². The Balaban J connectivity index is 1.89. The maximum Gasteiger partial charge on any atom is 0.387 e. The van der Waals surface area contributed by atoms with E-state index in [0.717, 1.165) is 11.1 Å². The third-order valence-electron chi connectivity index (χ3n) is 4.07. The molecule has 0 aromatic heterocycles. The predicted octanol–water partition coefficient (Wildman–Crippen LogP) is 4.08. The zero-order valence-electron chi connectivity index (χ0n) is 17.1. The topological polar surface area (TPSA) is 66.0 Å². The Morgan fingerprint density at radius 3 is 2.40 bits per heavy atom. The SMILES string of the molecule is CCOc1ccc(/C=C/C(=O)NCCc2ccc(OC(F)F)c(OC)c2)cc1OC. The minimum Gasteiger partial charge on any atom is -0.493 e. The minimum absolute atomic E-state index is 0.0333. The maximum absolute atomic E-state index is 12.4. The third kappa shape index (κ3) is 6.95. The molecule has 30 heavy (non-hydrogen) atoms. The van der Waals surface area contributed by atoms with E-state index in [0.29, 0.717) is 31.1 Å². The molecule has 0 radical (unpaired) electrons. The summed E-state index contributed by atoms with van der Waals surface area (Å²) in [6.07, 6.45) is 3.60. The Kier molecular flexibility index (Phi) is 8.93. The molecule has 2 aromatic rings. The lowest BCUT2D eigenvalue weighted by atomic mass is 10.1. The van der Waals surface area contributed by atoms with Gasteiger partial charge < -0.3 is 24.3 Å². The van der Waals surface area contributed by atoms with Gasteiger partial charge in [0, 0.05) is 12.6 Å². The van der Waals surface area contributed by atoms with Gasteiger partial charge >= 0.3 is 6.61 Å². The summed E-state index contributed by atoms with van der Waals surface area (Å²) < 4.78 is 45.0.